The highest BCUT2D eigenvalue weighted by atomic mass is 35.5. The van der Waals surface area contributed by atoms with Gasteiger partial charge in [0.15, 0.2) is 0 Å². The molecule has 24 heavy (non-hydrogen) atoms. The Hall–Kier alpha value is -2.61. The van der Waals surface area contributed by atoms with Crippen LogP contribution in [-0.2, 0) is 13.0 Å². The van der Waals surface area contributed by atoms with Crippen molar-refractivity contribution >= 4 is 28.3 Å². The predicted octanol–water partition coefficient (Wildman–Crippen LogP) is 3.91. The maximum absolute atomic E-state index is 9.33. The van der Waals surface area contributed by atoms with E-state index in [0.717, 1.165) is 22.9 Å². The number of hydrogen-bond donors (Lipinski definition) is 2. The lowest BCUT2D eigenvalue weighted by Crippen LogP contribution is -2.07. The van der Waals surface area contributed by atoms with Gasteiger partial charge in [-0.3, -0.25) is 0 Å². The largest absolute Gasteiger partial charge is 0.392 e. The zero-order valence-electron chi connectivity index (χ0n) is 13.0. The Labute approximate surface area is 145 Å². The Kier molecular flexibility index (Phi) is 4.95. The molecule has 5 heteroatoms. The van der Waals surface area contributed by atoms with Crippen LogP contribution in [0.1, 0.15) is 16.7 Å². The van der Waals surface area contributed by atoms with E-state index in [1.807, 2.05) is 30.3 Å². The van der Waals surface area contributed by atoms with Crippen LogP contribution in [0.4, 0.5) is 5.82 Å². The van der Waals surface area contributed by atoms with Crippen LogP contribution in [0.2, 0.25) is 5.02 Å². The topological polar surface area (TPSA) is 68.9 Å². The molecule has 3 aromatic rings. The van der Waals surface area contributed by atoms with Crippen molar-refractivity contribution in [2.45, 2.75) is 13.0 Å². The summed E-state index contributed by atoms with van der Waals surface area (Å²) in [5, 5.41) is 23.0. The van der Waals surface area contributed by atoms with Crippen molar-refractivity contribution in [1.29, 1.82) is 5.26 Å². The summed E-state index contributed by atoms with van der Waals surface area (Å²) in [6.45, 7) is 0.760. The molecule has 0 unspecified atom stereocenters. The number of nitrogens with zero attached hydrogens (tertiary/aromatic N) is 2. The van der Waals surface area contributed by atoms with Crippen molar-refractivity contribution < 1.29 is 5.11 Å². The van der Waals surface area contributed by atoms with Gasteiger partial charge in [-0.25, -0.2) is 4.98 Å². The molecule has 0 bridgehead atoms. The molecule has 0 aliphatic rings. The predicted molar refractivity (Wildman–Crippen MR) is 96.0 cm³/mol. The van der Waals surface area contributed by atoms with Gasteiger partial charge >= 0.3 is 0 Å². The third-order valence-corrected chi connectivity index (χ3v) is 4.05. The van der Waals surface area contributed by atoms with Gasteiger partial charge in [0.2, 0.25) is 0 Å². The fourth-order valence-corrected chi connectivity index (χ4v) is 2.70. The van der Waals surface area contributed by atoms with E-state index in [0.29, 0.717) is 22.9 Å². The van der Waals surface area contributed by atoms with Crippen LogP contribution in [0.25, 0.3) is 10.9 Å². The Morgan fingerprint density at radius 1 is 1.08 bits per heavy atom. The zero-order chi connectivity index (χ0) is 16.9. The van der Waals surface area contributed by atoms with Crippen LogP contribution in [-0.4, -0.2) is 16.6 Å². The molecule has 0 aliphatic carbocycles. The van der Waals surface area contributed by atoms with E-state index < -0.39 is 0 Å². The van der Waals surface area contributed by atoms with Crippen LogP contribution < -0.4 is 5.32 Å². The SMILES string of the molecule is N#Cc1cc(NCCc2ccc(CO)cc2)nc2ccc(Cl)cc12. The molecule has 1 heterocycles. The van der Waals surface area contributed by atoms with Crippen LogP contribution in [0, 0.1) is 11.3 Å². The summed E-state index contributed by atoms with van der Waals surface area (Å²) in [7, 11) is 0. The number of benzene rings is 2. The minimum Gasteiger partial charge on any atom is -0.392 e. The highest BCUT2D eigenvalue weighted by Crippen LogP contribution is 2.23. The van der Waals surface area contributed by atoms with Crippen LogP contribution in [0.3, 0.4) is 0 Å². The second-order valence-electron chi connectivity index (χ2n) is 5.48. The molecule has 4 nitrogen and oxygen atoms in total. The summed E-state index contributed by atoms with van der Waals surface area (Å²) in [6, 6.07) is 17.1. The molecular formula is C19H16ClN3O. The summed E-state index contributed by atoms with van der Waals surface area (Å²) in [6.07, 6.45) is 0.827. The smallest absolute Gasteiger partial charge is 0.127 e. The lowest BCUT2D eigenvalue weighted by molar-refractivity contribution is 0.282. The fourth-order valence-electron chi connectivity index (χ4n) is 2.53. The highest BCUT2D eigenvalue weighted by Gasteiger charge is 2.06. The maximum atomic E-state index is 9.33. The van der Waals surface area contributed by atoms with Gasteiger partial charge in [-0.05, 0) is 41.8 Å². The summed E-state index contributed by atoms with van der Waals surface area (Å²) >= 11 is 5.99. The van der Waals surface area contributed by atoms with Gasteiger partial charge in [0, 0.05) is 17.0 Å². The first-order valence-corrected chi connectivity index (χ1v) is 8.00. The summed E-state index contributed by atoms with van der Waals surface area (Å²) in [5.41, 5.74) is 3.37. The Bertz CT molecular complexity index is 901. The highest BCUT2D eigenvalue weighted by molar-refractivity contribution is 6.31. The number of pyridine rings is 1. The first kappa shape index (κ1) is 16.3. The molecule has 2 aromatic carbocycles. The molecule has 0 fully saturated rings. The third-order valence-electron chi connectivity index (χ3n) is 3.82. The van der Waals surface area contributed by atoms with E-state index in [-0.39, 0.29) is 6.61 Å². The van der Waals surface area contributed by atoms with Crippen molar-refractivity contribution in [1.82, 2.24) is 4.98 Å². The number of anilines is 1. The number of nitriles is 1. The van der Waals surface area contributed by atoms with Gasteiger partial charge in [0.1, 0.15) is 5.82 Å². The Morgan fingerprint density at radius 2 is 1.83 bits per heavy atom. The van der Waals surface area contributed by atoms with Crippen molar-refractivity contribution in [3.05, 3.63) is 70.2 Å². The van der Waals surface area contributed by atoms with E-state index in [1.165, 1.54) is 5.56 Å². The molecule has 0 saturated carbocycles. The zero-order valence-corrected chi connectivity index (χ0v) is 13.7. The number of fused-ring (bicyclic) bond motifs is 1. The van der Waals surface area contributed by atoms with Crippen LogP contribution >= 0.6 is 11.6 Å². The number of rotatable bonds is 5. The Balaban J connectivity index is 1.73. The van der Waals surface area contributed by atoms with E-state index in [1.54, 1.807) is 18.2 Å². The number of halogens is 1. The first-order chi connectivity index (χ1) is 11.7. The Morgan fingerprint density at radius 3 is 2.54 bits per heavy atom. The third kappa shape index (κ3) is 3.65. The molecular weight excluding hydrogens is 322 g/mol. The molecule has 3 rings (SSSR count). The number of aliphatic hydroxyl groups is 1. The molecule has 2 N–H and O–H groups in total. The number of aromatic nitrogens is 1. The van der Waals surface area contributed by atoms with Crippen LogP contribution in [0.5, 0.6) is 0 Å². The van der Waals surface area contributed by atoms with Gasteiger partial charge in [-0.2, -0.15) is 5.26 Å². The quantitative estimate of drug-likeness (QED) is 0.740. The molecule has 1 aromatic heterocycles. The second-order valence-corrected chi connectivity index (χ2v) is 5.92. The van der Waals surface area contributed by atoms with Gasteiger partial charge in [0.05, 0.1) is 23.8 Å². The van der Waals surface area contributed by atoms with Gasteiger partial charge in [0.25, 0.3) is 0 Å². The molecule has 120 valence electrons. The summed E-state index contributed by atoms with van der Waals surface area (Å²) < 4.78 is 0. The molecule has 0 amide bonds. The maximum Gasteiger partial charge on any atom is 0.127 e. The lowest BCUT2D eigenvalue weighted by Gasteiger charge is -2.09. The van der Waals surface area contributed by atoms with E-state index in [2.05, 4.69) is 16.4 Å². The van der Waals surface area contributed by atoms with Crippen molar-refractivity contribution in [2.75, 3.05) is 11.9 Å². The lowest BCUT2D eigenvalue weighted by atomic mass is 10.1. The summed E-state index contributed by atoms with van der Waals surface area (Å²) in [4.78, 5) is 4.53. The molecule has 0 spiro atoms. The van der Waals surface area contributed by atoms with Crippen LogP contribution in [0.15, 0.2) is 48.5 Å². The minimum atomic E-state index is 0.0560. The number of hydrogen-bond acceptors (Lipinski definition) is 4. The average molecular weight is 338 g/mol. The fraction of sp³-hybridized carbons (Fsp3) is 0.158. The molecule has 0 atom stereocenters. The van der Waals surface area contributed by atoms with E-state index in [4.69, 9.17) is 16.7 Å². The van der Waals surface area contributed by atoms with E-state index >= 15 is 0 Å². The van der Waals surface area contributed by atoms with Crippen molar-refractivity contribution in [3.8, 4) is 6.07 Å². The first-order valence-electron chi connectivity index (χ1n) is 7.62. The van der Waals surface area contributed by atoms with Gasteiger partial charge < -0.3 is 10.4 Å². The molecule has 0 saturated heterocycles. The average Bonchev–Trinajstić information content (AvgIpc) is 2.62. The van der Waals surface area contributed by atoms with E-state index in [9.17, 15) is 5.26 Å². The molecule has 0 radical (unpaired) electrons. The number of nitrogens with one attached hydrogen (secondary N) is 1. The molecule has 0 aliphatic heterocycles. The standard InChI is InChI=1S/C19H16ClN3O/c20-16-5-6-18-17(10-16)15(11-21)9-19(23-18)22-8-7-13-1-3-14(12-24)4-2-13/h1-6,9-10,24H,7-8,12H2,(H,22,23). The second kappa shape index (κ2) is 7.31. The van der Waals surface area contributed by atoms with Crippen molar-refractivity contribution in [3.63, 3.8) is 0 Å². The van der Waals surface area contributed by atoms with Gasteiger partial charge in [-0.15, -0.1) is 0 Å². The minimum absolute atomic E-state index is 0.0560. The number of aliphatic hydroxyl groups excluding tert-OH is 1. The summed E-state index contributed by atoms with van der Waals surface area (Å²) in [5.74, 6) is 0.674. The van der Waals surface area contributed by atoms with Crippen molar-refractivity contribution in [2.24, 2.45) is 0 Å². The van der Waals surface area contributed by atoms with Gasteiger partial charge in [-0.1, -0.05) is 35.9 Å². The monoisotopic (exact) mass is 337 g/mol. The normalized spacial score (nSPS) is 10.5.